The van der Waals surface area contributed by atoms with E-state index in [2.05, 4.69) is 15.6 Å². The van der Waals surface area contributed by atoms with Gasteiger partial charge in [-0.05, 0) is 24.1 Å². The standard InChI is InChI=1S/C22H26Cl2N4O3S/c1-28(14-10-16-5-7-17(8-6-16)22-26-12-13-27-22)20(29)9-11-25-15-32(30,31)21-18(23)3-2-4-19(21)24/h2-8,25H,9-15H2,1H3,(H,26,27). The van der Waals surface area contributed by atoms with E-state index in [1.807, 2.05) is 24.3 Å². The molecule has 0 radical (unpaired) electrons. The molecule has 0 saturated heterocycles. The van der Waals surface area contributed by atoms with E-state index in [-0.39, 0.29) is 39.7 Å². The number of amides is 1. The molecule has 0 atom stereocenters. The molecule has 0 spiro atoms. The summed E-state index contributed by atoms with van der Waals surface area (Å²) in [6, 6.07) is 12.7. The molecule has 0 saturated carbocycles. The average molecular weight is 497 g/mol. The van der Waals surface area contributed by atoms with Gasteiger partial charge in [-0.2, -0.15) is 0 Å². The summed E-state index contributed by atoms with van der Waals surface area (Å²) in [5.41, 5.74) is 2.20. The lowest BCUT2D eigenvalue weighted by molar-refractivity contribution is -0.129. The quantitative estimate of drug-likeness (QED) is 0.493. The minimum absolute atomic E-state index is 0.0631. The molecular weight excluding hydrogens is 471 g/mol. The first-order valence-corrected chi connectivity index (χ1v) is 12.7. The minimum atomic E-state index is -3.71. The SMILES string of the molecule is CN(CCc1ccc(C2=NCCN2)cc1)C(=O)CCNCS(=O)(=O)c1c(Cl)cccc1Cl. The molecule has 0 unspecified atom stereocenters. The Balaban J connectivity index is 1.41. The summed E-state index contributed by atoms with van der Waals surface area (Å²) < 4.78 is 25.0. The molecule has 1 amide bonds. The van der Waals surface area contributed by atoms with E-state index in [4.69, 9.17) is 23.2 Å². The van der Waals surface area contributed by atoms with Crippen molar-refractivity contribution in [3.8, 4) is 0 Å². The molecule has 1 heterocycles. The lowest BCUT2D eigenvalue weighted by atomic mass is 10.1. The third-order valence-electron chi connectivity index (χ3n) is 5.10. The monoisotopic (exact) mass is 496 g/mol. The van der Waals surface area contributed by atoms with Gasteiger partial charge in [-0.25, -0.2) is 8.42 Å². The number of nitrogens with one attached hydrogen (secondary N) is 2. The van der Waals surface area contributed by atoms with Gasteiger partial charge in [0.2, 0.25) is 5.91 Å². The van der Waals surface area contributed by atoms with Gasteiger partial charge < -0.3 is 15.5 Å². The Kier molecular flexibility index (Phi) is 8.53. The van der Waals surface area contributed by atoms with Crippen molar-refractivity contribution in [1.29, 1.82) is 0 Å². The van der Waals surface area contributed by atoms with Crippen LogP contribution in [0.2, 0.25) is 10.0 Å². The van der Waals surface area contributed by atoms with E-state index in [1.54, 1.807) is 18.0 Å². The molecule has 1 aliphatic heterocycles. The number of aliphatic imine (C=N–C) groups is 1. The van der Waals surface area contributed by atoms with Gasteiger partial charge in [-0.15, -0.1) is 0 Å². The second-order valence-electron chi connectivity index (χ2n) is 7.48. The minimum Gasteiger partial charge on any atom is -0.368 e. The van der Waals surface area contributed by atoms with E-state index in [9.17, 15) is 13.2 Å². The second-order valence-corrected chi connectivity index (χ2v) is 10.2. The van der Waals surface area contributed by atoms with E-state index >= 15 is 0 Å². The zero-order valence-electron chi connectivity index (χ0n) is 17.8. The van der Waals surface area contributed by atoms with Gasteiger partial charge in [0.15, 0.2) is 9.84 Å². The third kappa shape index (κ3) is 6.45. The number of rotatable bonds is 10. The van der Waals surface area contributed by atoms with Crippen molar-refractivity contribution in [3.05, 3.63) is 63.6 Å². The topological polar surface area (TPSA) is 90.9 Å². The number of halogens is 2. The Hall–Kier alpha value is -2.13. The van der Waals surface area contributed by atoms with Crippen LogP contribution in [0.1, 0.15) is 17.5 Å². The van der Waals surface area contributed by atoms with Crippen molar-refractivity contribution in [1.82, 2.24) is 15.5 Å². The summed E-state index contributed by atoms with van der Waals surface area (Å²) in [5.74, 6) is 0.516. The van der Waals surface area contributed by atoms with Gasteiger partial charge in [0.25, 0.3) is 0 Å². The lowest BCUT2D eigenvalue weighted by Gasteiger charge is -2.17. The summed E-state index contributed by atoms with van der Waals surface area (Å²) in [7, 11) is -1.96. The molecule has 0 fully saturated rings. The van der Waals surface area contributed by atoms with Crippen LogP contribution in [0.5, 0.6) is 0 Å². The number of benzene rings is 2. The summed E-state index contributed by atoms with van der Waals surface area (Å²) in [6.45, 7) is 2.48. The third-order valence-corrected chi connectivity index (χ3v) is 7.60. The van der Waals surface area contributed by atoms with Crippen molar-refractivity contribution in [2.24, 2.45) is 4.99 Å². The molecule has 2 N–H and O–H groups in total. The van der Waals surface area contributed by atoms with Crippen LogP contribution in [0, 0.1) is 0 Å². The number of nitrogens with zero attached hydrogens (tertiary/aromatic N) is 2. The van der Waals surface area contributed by atoms with E-state index in [0.717, 1.165) is 36.5 Å². The van der Waals surface area contributed by atoms with E-state index in [1.165, 1.54) is 12.1 Å². The number of sulfone groups is 1. The van der Waals surface area contributed by atoms with Gasteiger partial charge in [0.1, 0.15) is 16.6 Å². The Bertz CT molecular complexity index is 1070. The van der Waals surface area contributed by atoms with Gasteiger partial charge in [0.05, 0.1) is 16.6 Å². The molecule has 0 aliphatic carbocycles. The molecule has 2 aromatic rings. The average Bonchev–Trinajstić information content (AvgIpc) is 3.30. The largest absolute Gasteiger partial charge is 0.368 e. The first kappa shape index (κ1) is 24.5. The van der Waals surface area contributed by atoms with Crippen LogP contribution in [0.25, 0.3) is 0 Å². The maximum Gasteiger partial charge on any atom is 0.223 e. The van der Waals surface area contributed by atoms with Crippen LogP contribution >= 0.6 is 23.2 Å². The lowest BCUT2D eigenvalue weighted by Crippen LogP contribution is -2.33. The van der Waals surface area contributed by atoms with Crippen molar-refractivity contribution in [3.63, 3.8) is 0 Å². The van der Waals surface area contributed by atoms with Crippen LogP contribution in [0.15, 0.2) is 52.4 Å². The molecule has 7 nitrogen and oxygen atoms in total. The molecule has 1 aliphatic rings. The zero-order chi connectivity index (χ0) is 23.1. The van der Waals surface area contributed by atoms with E-state index in [0.29, 0.717) is 6.54 Å². The van der Waals surface area contributed by atoms with Gasteiger partial charge in [0, 0.05) is 38.7 Å². The molecule has 0 aromatic heterocycles. The number of carbonyl (C=O) groups excluding carboxylic acids is 1. The Labute approximate surface area is 198 Å². The highest BCUT2D eigenvalue weighted by Gasteiger charge is 2.21. The highest BCUT2D eigenvalue weighted by Crippen LogP contribution is 2.29. The first-order valence-electron chi connectivity index (χ1n) is 10.3. The van der Waals surface area contributed by atoms with Gasteiger partial charge in [-0.3, -0.25) is 9.79 Å². The predicted molar refractivity (Wildman–Crippen MR) is 128 cm³/mol. The smallest absolute Gasteiger partial charge is 0.223 e. The van der Waals surface area contributed by atoms with Crippen molar-refractivity contribution in [2.75, 3.05) is 39.1 Å². The Morgan fingerprint density at radius 1 is 1.16 bits per heavy atom. The number of likely N-dealkylation sites (N-methyl/N-ethyl adjacent to an activating group) is 1. The number of hydrogen-bond donors (Lipinski definition) is 2. The van der Waals surface area contributed by atoms with Gasteiger partial charge in [-0.1, -0.05) is 53.5 Å². The maximum atomic E-state index is 12.5. The number of carbonyl (C=O) groups is 1. The van der Waals surface area contributed by atoms with Crippen molar-refractivity contribution in [2.45, 2.75) is 17.7 Å². The van der Waals surface area contributed by atoms with Crippen LogP contribution < -0.4 is 10.6 Å². The summed E-state index contributed by atoms with van der Waals surface area (Å²) in [6.07, 6.45) is 0.919. The van der Waals surface area contributed by atoms with Crippen LogP contribution in [0.3, 0.4) is 0 Å². The van der Waals surface area contributed by atoms with Crippen LogP contribution in [0.4, 0.5) is 0 Å². The van der Waals surface area contributed by atoms with Crippen LogP contribution in [-0.2, 0) is 21.1 Å². The zero-order valence-corrected chi connectivity index (χ0v) is 20.1. The predicted octanol–water partition coefficient (Wildman–Crippen LogP) is 2.76. The fourth-order valence-electron chi connectivity index (χ4n) is 3.29. The second kappa shape index (κ2) is 11.1. The molecular formula is C22H26Cl2N4O3S. The van der Waals surface area contributed by atoms with Crippen molar-refractivity contribution < 1.29 is 13.2 Å². The maximum absolute atomic E-state index is 12.5. The van der Waals surface area contributed by atoms with Crippen molar-refractivity contribution >= 4 is 44.8 Å². The fraction of sp³-hybridized carbons (Fsp3) is 0.364. The Morgan fingerprint density at radius 3 is 2.47 bits per heavy atom. The van der Waals surface area contributed by atoms with E-state index < -0.39 is 9.84 Å². The first-order chi connectivity index (χ1) is 15.3. The summed E-state index contributed by atoms with van der Waals surface area (Å²) in [5, 5.41) is 6.21. The Morgan fingerprint density at radius 2 is 1.84 bits per heavy atom. The molecule has 172 valence electrons. The summed E-state index contributed by atoms with van der Waals surface area (Å²) in [4.78, 5) is 18.3. The molecule has 32 heavy (non-hydrogen) atoms. The highest BCUT2D eigenvalue weighted by molar-refractivity contribution is 7.91. The fourth-order valence-corrected chi connectivity index (χ4v) is 5.68. The summed E-state index contributed by atoms with van der Waals surface area (Å²) >= 11 is 12.0. The highest BCUT2D eigenvalue weighted by atomic mass is 35.5. The molecule has 3 rings (SSSR count). The number of amidine groups is 1. The number of hydrogen-bond acceptors (Lipinski definition) is 6. The molecule has 0 bridgehead atoms. The van der Waals surface area contributed by atoms with Crippen LogP contribution in [-0.4, -0.2) is 64.2 Å². The molecule has 10 heteroatoms. The molecule has 2 aromatic carbocycles. The van der Waals surface area contributed by atoms with Gasteiger partial charge >= 0.3 is 0 Å². The normalized spacial score (nSPS) is 13.5.